The van der Waals surface area contributed by atoms with Crippen LogP contribution in [-0.4, -0.2) is 74.7 Å². The van der Waals surface area contributed by atoms with Gasteiger partial charge in [-0.1, -0.05) is 36.4 Å². The fraction of sp³-hybridized carbons (Fsp3) is 0.382. The summed E-state index contributed by atoms with van der Waals surface area (Å²) in [6.45, 7) is 5.51. The van der Waals surface area contributed by atoms with Crippen LogP contribution in [0.4, 0.5) is 11.6 Å². The van der Waals surface area contributed by atoms with E-state index in [-0.39, 0.29) is 0 Å². The maximum absolute atomic E-state index is 12.2. The Morgan fingerprint density at radius 3 is 2.73 bits per heavy atom. The number of aryl methyl sites for hydroxylation is 3. The van der Waals surface area contributed by atoms with E-state index in [1.165, 1.54) is 5.56 Å². The highest BCUT2D eigenvalue weighted by Crippen LogP contribution is 2.21. The minimum Gasteiger partial charge on any atom is -0.491 e. The molecular weight excluding hydrogens is 554 g/mol. The van der Waals surface area contributed by atoms with Crippen molar-refractivity contribution < 1.29 is 14.6 Å². The molecule has 0 amide bonds. The fourth-order valence-corrected chi connectivity index (χ4v) is 5.23. The Bertz CT molecular complexity index is 1480. The van der Waals surface area contributed by atoms with Crippen LogP contribution in [0.1, 0.15) is 42.6 Å². The van der Waals surface area contributed by atoms with Gasteiger partial charge in [0.25, 0.3) is 0 Å². The number of fused-ring (bicyclic) bond motifs is 1. The Morgan fingerprint density at radius 1 is 1.02 bits per heavy atom. The van der Waals surface area contributed by atoms with E-state index in [1.807, 2.05) is 49.4 Å². The highest BCUT2D eigenvalue weighted by atomic mass is 16.5. The third kappa shape index (κ3) is 9.21. The maximum Gasteiger partial charge on any atom is 0.326 e. The van der Waals surface area contributed by atoms with Gasteiger partial charge in [-0.15, -0.1) is 0 Å². The summed E-state index contributed by atoms with van der Waals surface area (Å²) in [5, 5.41) is 16.6. The number of pyridine rings is 2. The van der Waals surface area contributed by atoms with Crippen molar-refractivity contribution in [1.82, 2.24) is 24.8 Å². The van der Waals surface area contributed by atoms with Gasteiger partial charge in [0.15, 0.2) is 5.82 Å². The number of hydrogen-bond acceptors (Lipinski definition) is 9. The molecule has 1 aliphatic rings. The molecule has 10 nitrogen and oxygen atoms in total. The van der Waals surface area contributed by atoms with Crippen molar-refractivity contribution in [2.45, 2.75) is 51.5 Å². The van der Waals surface area contributed by atoms with Gasteiger partial charge in [0.2, 0.25) is 0 Å². The van der Waals surface area contributed by atoms with Crippen molar-refractivity contribution in [3.63, 3.8) is 0 Å². The van der Waals surface area contributed by atoms with Crippen LogP contribution in [0.5, 0.6) is 5.75 Å². The lowest BCUT2D eigenvalue weighted by Gasteiger charge is -2.24. The lowest BCUT2D eigenvalue weighted by Crippen LogP contribution is -2.37. The Hall–Kier alpha value is -4.57. The molecule has 0 fully saturated rings. The van der Waals surface area contributed by atoms with Crippen LogP contribution < -0.4 is 15.4 Å². The van der Waals surface area contributed by atoms with Crippen LogP contribution in [0.15, 0.2) is 73.1 Å². The van der Waals surface area contributed by atoms with Gasteiger partial charge in [0.05, 0.1) is 6.20 Å². The van der Waals surface area contributed by atoms with E-state index >= 15 is 0 Å². The van der Waals surface area contributed by atoms with Crippen LogP contribution in [0.3, 0.4) is 0 Å². The first kappa shape index (κ1) is 30.9. The topological polar surface area (TPSA) is 125 Å². The summed E-state index contributed by atoms with van der Waals surface area (Å²) in [4.78, 5) is 32.6. The van der Waals surface area contributed by atoms with Crippen molar-refractivity contribution >= 4 is 17.6 Å². The number of carboxylic acids is 1. The van der Waals surface area contributed by atoms with Gasteiger partial charge in [-0.05, 0) is 81.8 Å². The zero-order valence-electron chi connectivity index (χ0n) is 25.3. The van der Waals surface area contributed by atoms with Crippen LogP contribution in [0.25, 0.3) is 11.4 Å². The Balaban J connectivity index is 1.17. The second-order valence-electron chi connectivity index (χ2n) is 11.1. The molecule has 0 aliphatic carbocycles. The molecule has 4 heterocycles. The van der Waals surface area contributed by atoms with Gasteiger partial charge in [0, 0.05) is 42.8 Å². The predicted octanol–water partition coefficient (Wildman–Crippen LogP) is 5.26. The molecule has 0 spiro atoms. The van der Waals surface area contributed by atoms with Gasteiger partial charge >= 0.3 is 5.97 Å². The van der Waals surface area contributed by atoms with E-state index in [1.54, 1.807) is 18.5 Å². The minimum atomic E-state index is -0.918. The third-order valence-corrected chi connectivity index (χ3v) is 7.71. The van der Waals surface area contributed by atoms with Crippen LogP contribution >= 0.6 is 0 Å². The second kappa shape index (κ2) is 15.8. The minimum absolute atomic E-state index is 0.407. The molecule has 10 heteroatoms. The Labute approximate surface area is 259 Å². The average molecular weight is 596 g/mol. The van der Waals surface area contributed by atoms with Crippen LogP contribution in [0, 0.1) is 6.92 Å². The number of carboxylic acid groups (broad SMARTS) is 1. The maximum atomic E-state index is 12.2. The summed E-state index contributed by atoms with van der Waals surface area (Å²) in [6, 6.07) is 18.7. The number of unbranched alkanes of at least 4 members (excludes halogenated alkanes) is 1. The molecule has 5 rings (SSSR count). The zero-order chi connectivity index (χ0) is 30.6. The molecule has 0 saturated carbocycles. The summed E-state index contributed by atoms with van der Waals surface area (Å²) >= 11 is 0. The van der Waals surface area contributed by atoms with E-state index < -0.39 is 12.0 Å². The first-order valence-corrected chi connectivity index (χ1v) is 15.4. The normalized spacial score (nSPS) is 13.1. The molecule has 0 radical (unpaired) electrons. The highest BCUT2D eigenvalue weighted by molar-refractivity contribution is 5.77. The van der Waals surface area contributed by atoms with E-state index in [9.17, 15) is 9.90 Å². The first-order chi connectivity index (χ1) is 21.5. The lowest BCUT2D eigenvalue weighted by atomic mass is 10.1. The molecule has 1 unspecified atom stereocenters. The fourth-order valence-electron chi connectivity index (χ4n) is 5.23. The van der Waals surface area contributed by atoms with E-state index in [4.69, 9.17) is 9.72 Å². The van der Waals surface area contributed by atoms with Gasteiger partial charge in [0.1, 0.15) is 30.0 Å². The van der Waals surface area contributed by atoms with Gasteiger partial charge < -0.3 is 20.5 Å². The third-order valence-electron chi connectivity index (χ3n) is 7.71. The van der Waals surface area contributed by atoms with Crippen molar-refractivity contribution in [2.24, 2.45) is 0 Å². The SMILES string of the molecule is Cc1ccc(OCCN(CCCCc2ccc3c(n2)NCCC3)CCC(Nc2ccnc(-c3ccccc3)n2)C(=O)O)cn1. The molecule has 44 heavy (non-hydrogen) atoms. The van der Waals surface area contributed by atoms with Crippen LogP contribution in [0.2, 0.25) is 0 Å². The molecule has 1 atom stereocenters. The predicted molar refractivity (Wildman–Crippen MR) is 172 cm³/mol. The quantitative estimate of drug-likeness (QED) is 0.148. The molecule has 0 saturated heterocycles. The summed E-state index contributed by atoms with van der Waals surface area (Å²) in [5.74, 6) is 1.88. The largest absolute Gasteiger partial charge is 0.491 e. The number of ether oxygens (including phenoxy) is 1. The molecule has 230 valence electrons. The average Bonchev–Trinajstić information content (AvgIpc) is 3.05. The van der Waals surface area contributed by atoms with Gasteiger partial charge in [-0.3, -0.25) is 9.88 Å². The summed E-state index contributed by atoms with van der Waals surface area (Å²) in [6.07, 6.45) is 8.90. The number of aliphatic carboxylic acids is 1. The smallest absolute Gasteiger partial charge is 0.326 e. The number of carbonyl (C=O) groups is 1. The lowest BCUT2D eigenvalue weighted by molar-refractivity contribution is -0.138. The number of anilines is 2. The number of nitrogens with zero attached hydrogens (tertiary/aromatic N) is 5. The molecule has 4 aromatic rings. The standard InChI is InChI=1S/C34H41N7O3/c1-25-12-15-29(24-37-25)44-23-22-41(20-6-5-11-28-14-13-27-10-7-18-35-32(27)38-28)21-17-30(34(42)43)39-31-16-19-36-33(40-31)26-8-3-2-4-9-26/h2-4,8-9,12-16,19,24,30H,5-7,10-11,17-18,20-23H2,1H3,(H,35,38)(H,42,43)(H,36,39,40). The molecule has 3 N–H and O–H groups in total. The summed E-state index contributed by atoms with van der Waals surface area (Å²) < 4.78 is 5.96. The monoisotopic (exact) mass is 595 g/mol. The number of benzene rings is 1. The Morgan fingerprint density at radius 2 is 1.91 bits per heavy atom. The molecule has 1 aliphatic heterocycles. The van der Waals surface area contributed by atoms with Crippen LogP contribution in [-0.2, 0) is 17.6 Å². The molecule has 3 aromatic heterocycles. The van der Waals surface area contributed by atoms with Gasteiger partial charge in [-0.2, -0.15) is 0 Å². The van der Waals surface area contributed by atoms with Crippen molar-refractivity contribution in [3.05, 3.63) is 90.0 Å². The number of nitrogens with one attached hydrogen (secondary N) is 2. The highest BCUT2D eigenvalue weighted by Gasteiger charge is 2.20. The molecule has 0 bridgehead atoms. The summed E-state index contributed by atoms with van der Waals surface area (Å²) in [7, 11) is 0. The second-order valence-corrected chi connectivity index (χ2v) is 11.1. The van der Waals surface area contributed by atoms with Crippen molar-refractivity contribution in [2.75, 3.05) is 43.4 Å². The Kier molecular flexibility index (Phi) is 11.1. The number of hydrogen-bond donors (Lipinski definition) is 3. The number of rotatable bonds is 16. The molecule has 1 aromatic carbocycles. The zero-order valence-corrected chi connectivity index (χ0v) is 25.3. The van der Waals surface area contributed by atoms with E-state index in [2.05, 4.69) is 42.6 Å². The first-order valence-electron chi connectivity index (χ1n) is 15.4. The molecular formula is C34H41N7O3. The van der Waals surface area contributed by atoms with Crippen molar-refractivity contribution in [3.8, 4) is 17.1 Å². The van der Waals surface area contributed by atoms with Gasteiger partial charge in [-0.25, -0.2) is 19.7 Å². The van der Waals surface area contributed by atoms with E-state index in [0.29, 0.717) is 37.8 Å². The van der Waals surface area contributed by atoms with E-state index in [0.717, 1.165) is 73.7 Å². The van der Waals surface area contributed by atoms with Crippen molar-refractivity contribution in [1.29, 1.82) is 0 Å². The number of aromatic nitrogens is 4. The summed E-state index contributed by atoms with van der Waals surface area (Å²) in [5.41, 5.74) is 4.22.